The number of ether oxygens (including phenoxy) is 1. The first kappa shape index (κ1) is 21.7. The number of amides is 1. The second-order valence-corrected chi connectivity index (χ2v) is 8.02. The van der Waals surface area contributed by atoms with Gasteiger partial charge in [-0.2, -0.15) is 0 Å². The van der Waals surface area contributed by atoms with Gasteiger partial charge in [0.05, 0.1) is 5.69 Å². The third-order valence-corrected chi connectivity index (χ3v) is 5.64. The van der Waals surface area contributed by atoms with Crippen LogP contribution < -0.4 is 10.1 Å². The fraction of sp³-hybridized carbons (Fsp3) is 0.154. The second-order valence-electron chi connectivity index (χ2n) is 7.59. The Labute approximate surface area is 191 Å². The van der Waals surface area contributed by atoms with E-state index in [-0.39, 0.29) is 17.5 Å². The zero-order valence-electron chi connectivity index (χ0n) is 17.9. The van der Waals surface area contributed by atoms with Gasteiger partial charge in [0, 0.05) is 16.0 Å². The number of rotatable bonds is 6. The topological polar surface area (TPSA) is 68.5 Å². The van der Waals surface area contributed by atoms with Crippen LogP contribution in [0.3, 0.4) is 0 Å². The number of para-hydroxylation sites is 1. The molecule has 0 aliphatic heterocycles. The van der Waals surface area contributed by atoms with Crippen molar-refractivity contribution < 1.29 is 18.7 Å². The van der Waals surface area contributed by atoms with Gasteiger partial charge in [0.2, 0.25) is 5.78 Å². The molecule has 5 nitrogen and oxygen atoms in total. The SMILES string of the molecule is Cc1cccc(OC(C)C(=O)Nc2c(C(=O)c3ccc(Cl)cc3)oc3ccccc23)c1C. The predicted molar refractivity (Wildman–Crippen MR) is 126 cm³/mol. The lowest BCUT2D eigenvalue weighted by Crippen LogP contribution is -2.30. The number of hydrogen-bond donors (Lipinski definition) is 1. The Bertz CT molecular complexity index is 1310. The number of benzene rings is 3. The highest BCUT2D eigenvalue weighted by Crippen LogP contribution is 2.33. The summed E-state index contributed by atoms with van der Waals surface area (Å²) < 4.78 is 11.7. The number of fused-ring (bicyclic) bond motifs is 1. The van der Waals surface area contributed by atoms with Crippen molar-refractivity contribution in [1.82, 2.24) is 0 Å². The van der Waals surface area contributed by atoms with Crippen LogP contribution in [0.1, 0.15) is 34.2 Å². The van der Waals surface area contributed by atoms with Crippen molar-refractivity contribution in [2.24, 2.45) is 0 Å². The molecule has 1 unspecified atom stereocenters. The van der Waals surface area contributed by atoms with Crippen LogP contribution in [0.25, 0.3) is 11.0 Å². The number of anilines is 1. The van der Waals surface area contributed by atoms with E-state index < -0.39 is 6.10 Å². The molecule has 0 bridgehead atoms. The standard InChI is InChI=1S/C26H22ClNO4/c1-15-7-6-10-21(16(15)2)31-17(3)26(30)28-23-20-8-4-5-9-22(20)32-25(23)24(29)18-11-13-19(27)14-12-18/h4-14,17H,1-3H3,(H,28,30). The van der Waals surface area contributed by atoms with Gasteiger partial charge in [0.15, 0.2) is 11.9 Å². The van der Waals surface area contributed by atoms with Crippen LogP contribution in [0, 0.1) is 13.8 Å². The molecule has 6 heteroatoms. The van der Waals surface area contributed by atoms with E-state index in [9.17, 15) is 9.59 Å². The molecule has 1 aromatic heterocycles. The molecule has 3 aromatic carbocycles. The Kier molecular flexibility index (Phi) is 6.01. The number of hydrogen-bond acceptors (Lipinski definition) is 4. The molecular formula is C26H22ClNO4. The monoisotopic (exact) mass is 447 g/mol. The summed E-state index contributed by atoms with van der Waals surface area (Å²) in [6.07, 6.45) is -0.789. The number of carbonyl (C=O) groups is 2. The molecule has 162 valence electrons. The summed E-state index contributed by atoms with van der Waals surface area (Å²) >= 11 is 5.94. The first-order chi connectivity index (χ1) is 15.3. The fourth-order valence-corrected chi connectivity index (χ4v) is 3.51. The number of furan rings is 1. The number of aryl methyl sites for hydroxylation is 1. The molecule has 1 atom stereocenters. The lowest BCUT2D eigenvalue weighted by Gasteiger charge is -2.17. The molecule has 1 N–H and O–H groups in total. The summed E-state index contributed by atoms with van der Waals surface area (Å²) in [7, 11) is 0. The third-order valence-electron chi connectivity index (χ3n) is 5.38. The first-order valence-corrected chi connectivity index (χ1v) is 10.6. The maximum Gasteiger partial charge on any atom is 0.265 e. The molecule has 0 spiro atoms. The van der Waals surface area contributed by atoms with Crippen LogP contribution >= 0.6 is 11.6 Å². The number of ketones is 1. The van der Waals surface area contributed by atoms with Gasteiger partial charge in [-0.1, -0.05) is 35.9 Å². The smallest absolute Gasteiger partial charge is 0.265 e. The highest BCUT2D eigenvalue weighted by Gasteiger charge is 2.25. The quantitative estimate of drug-likeness (QED) is 0.350. The van der Waals surface area contributed by atoms with Gasteiger partial charge in [0.25, 0.3) is 5.91 Å². The van der Waals surface area contributed by atoms with E-state index in [1.807, 2.05) is 38.1 Å². The Balaban J connectivity index is 1.65. The Hall–Kier alpha value is -3.57. The largest absolute Gasteiger partial charge is 0.481 e. The van der Waals surface area contributed by atoms with Gasteiger partial charge in [-0.05, 0) is 74.4 Å². The van der Waals surface area contributed by atoms with Crippen LogP contribution in [0.5, 0.6) is 5.75 Å². The molecule has 0 aliphatic rings. The van der Waals surface area contributed by atoms with Gasteiger partial charge < -0.3 is 14.5 Å². The zero-order chi connectivity index (χ0) is 22.8. The van der Waals surface area contributed by atoms with E-state index in [0.29, 0.717) is 33.0 Å². The maximum atomic E-state index is 13.2. The normalized spacial score (nSPS) is 11.9. The van der Waals surface area contributed by atoms with E-state index in [1.165, 1.54) is 0 Å². The molecule has 0 radical (unpaired) electrons. The van der Waals surface area contributed by atoms with E-state index in [1.54, 1.807) is 49.4 Å². The fourth-order valence-electron chi connectivity index (χ4n) is 3.38. The number of carbonyl (C=O) groups excluding carboxylic acids is 2. The second kappa shape index (κ2) is 8.89. The Morgan fingerprint density at radius 2 is 1.69 bits per heavy atom. The summed E-state index contributed by atoms with van der Waals surface area (Å²) in [6, 6.07) is 19.4. The van der Waals surface area contributed by atoms with Crippen molar-refractivity contribution in [3.63, 3.8) is 0 Å². The van der Waals surface area contributed by atoms with E-state index >= 15 is 0 Å². The molecule has 1 amide bonds. The summed E-state index contributed by atoms with van der Waals surface area (Å²) in [5.41, 5.74) is 3.28. The average molecular weight is 448 g/mol. The molecule has 0 saturated carbocycles. The Morgan fingerprint density at radius 3 is 2.44 bits per heavy atom. The summed E-state index contributed by atoms with van der Waals surface area (Å²) in [4.78, 5) is 26.2. The van der Waals surface area contributed by atoms with Gasteiger partial charge in [0.1, 0.15) is 11.3 Å². The molecule has 0 aliphatic carbocycles. The van der Waals surface area contributed by atoms with Crippen molar-refractivity contribution in [3.8, 4) is 5.75 Å². The van der Waals surface area contributed by atoms with Crippen molar-refractivity contribution >= 4 is 39.9 Å². The van der Waals surface area contributed by atoms with Gasteiger partial charge >= 0.3 is 0 Å². The van der Waals surface area contributed by atoms with Gasteiger partial charge in [-0.3, -0.25) is 9.59 Å². The van der Waals surface area contributed by atoms with E-state index in [4.69, 9.17) is 20.8 Å². The van der Waals surface area contributed by atoms with Crippen molar-refractivity contribution in [1.29, 1.82) is 0 Å². The maximum absolute atomic E-state index is 13.2. The van der Waals surface area contributed by atoms with Crippen LogP contribution in [0.2, 0.25) is 5.02 Å². The summed E-state index contributed by atoms with van der Waals surface area (Å²) in [5, 5.41) is 4.01. The van der Waals surface area contributed by atoms with Crippen LogP contribution in [-0.4, -0.2) is 17.8 Å². The van der Waals surface area contributed by atoms with Crippen LogP contribution in [-0.2, 0) is 4.79 Å². The molecule has 1 heterocycles. The lowest BCUT2D eigenvalue weighted by atomic mass is 10.1. The predicted octanol–water partition coefficient (Wildman–Crippen LogP) is 6.34. The summed E-state index contributed by atoms with van der Waals surface area (Å²) in [5.74, 6) is -0.0399. The minimum atomic E-state index is -0.789. The molecule has 4 aromatic rings. The van der Waals surface area contributed by atoms with Crippen molar-refractivity contribution in [2.75, 3.05) is 5.32 Å². The Morgan fingerprint density at radius 1 is 0.969 bits per heavy atom. The molecule has 0 fully saturated rings. The van der Waals surface area contributed by atoms with Gasteiger partial charge in [-0.15, -0.1) is 0 Å². The minimum absolute atomic E-state index is 0.0563. The van der Waals surface area contributed by atoms with Crippen LogP contribution in [0.4, 0.5) is 5.69 Å². The van der Waals surface area contributed by atoms with Crippen molar-refractivity contribution in [3.05, 3.63) is 94.2 Å². The molecule has 4 rings (SSSR count). The van der Waals surface area contributed by atoms with Gasteiger partial charge in [-0.25, -0.2) is 0 Å². The average Bonchev–Trinajstić information content (AvgIpc) is 3.15. The molecular weight excluding hydrogens is 426 g/mol. The summed E-state index contributed by atoms with van der Waals surface area (Å²) in [6.45, 7) is 5.60. The first-order valence-electron chi connectivity index (χ1n) is 10.2. The zero-order valence-corrected chi connectivity index (χ0v) is 18.7. The number of nitrogens with one attached hydrogen (secondary N) is 1. The van der Waals surface area contributed by atoms with E-state index in [0.717, 1.165) is 11.1 Å². The highest BCUT2D eigenvalue weighted by molar-refractivity contribution is 6.30. The lowest BCUT2D eigenvalue weighted by molar-refractivity contribution is -0.122. The highest BCUT2D eigenvalue weighted by atomic mass is 35.5. The number of halogens is 1. The minimum Gasteiger partial charge on any atom is -0.481 e. The molecule has 0 saturated heterocycles. The van der Waals surface area contributed by atoms with Crippen LogP contribution in [0.15, 0.2) is 71.1 Å². The third kappa shape index (κ3) is 4.25. The van der Waals surface area contributed by atoms with Crippen molar-refractivity contribution in [2.45, 2.75) is 26.9 Å². The van der Waals surface area contributed by atoms with E-state index in [2.05, 4.69) is 5.32 Å². The molecule has 32 heavy (non-hydrogen) atoms.